The van der Waals surface area contributed by atoms with Crippen molar-refractivity contribution in [3.63, 3.8) is 0 Å². The Morgan fingerprint density at radius 1 is 1.07 bits per heavy atom. The number of carbonyl (C=O) groups excluding carboxylic acids is 4. The SMILES string of the molecule is CC(=O)Nc1cccc(NC(=O)CN2C(=O)N[C@](C)(c3ccccc3Cl)C2=O)c1. The summed E-state index contributed by atoms with van der Waals surface area (Å²) in [5, 5.41) is 8.17. The summed E-state index contributed by atoms with van der Waals surface area (Å²) in [6, 6.07) is 12.5. The van der Waals surface area contributed by atoms with Crippen molar-refractivity contribution >= 4 is 46.7 Å². The Hall–Kier alpha value is -3.39. The van der Waals surface area contributed by atoms with Gasteiger partial charge in [0.1, 0.15) is 12.1 Å². The molecule has 1 atom stereocenters. The number of urea groups is 1. The maximum atomic E-state index is 12.9. The normalized spacial score (nSPS) is 18.4. The summed E-state index contributed by atoms with van der Waals surface area (Å²) in [4.78, 5) is 49.7. The second kappa shape index (κ2) is 7.92. The van der Waals surface area contributed by atoms with Crippen molar-refractivity contribution in [1.29, 1.82) is 0 Å². The molecule has 2 aromatic rings. The van der Waals surface area contributed by atoms with Gasteiger partial charge in [-0.25, -0.2) is 4.79 Å². The molecule has 0 radical (unpaired) electrons. The van der Waals surface area contributed by atoms with E-state index in [0.29, 0.717) is 22.0 Å². The van der Waals surface area contributed by atoms with Crippen LogP contribution < -0.4 is 16.0 Å². The maximum Gasteiger partial charge on any atom is 0.325 e. The maximum absolute atomic E-state index is 12.9. The van der Waals surface area contributed by atoms with Crippen LogP contribution in [0.1, 0.15) is 19.4 Å². The lowest BCUT2D eigenvalue weighted by Crippen LogP contribution is -2.42. The zero-order valence-electron chi connectivity index (χ0n) is 15.8. The molecule has 1 fully saturated rings. The Labute approximate surface area is 172 Å². The van der Waals surface area contributed by atoms with Gasteiger partial charge in [0.05, 0.1) is 0 Å². The highest BCUT2D eigenvalue weighted by atomic mass is 35.5. The zero-order valence-corrected chi connectivity index (χ0v) is 16.5. The van der Waals surface area contributed by atoms with E-state index in [4.69, 9.17) is 11.6 Å². The fourth-order valence-electron chi connectivity index (χ4n) is 3.11. The van der Waals surface area contributed by atoms with Crippen molar-refractivity contribution in [2.24, 2.45) is 0 Å². The summed E-state index contributed by atoms with van der Waals surface area (Å²) in [7, 11) is 0. The van der Waals surface area contributed by atoms with Crippen molar-refractivity contribution in [1.82, 2.24) is 10.2 Å². The molecule has 0 aliphatic carbocycles. The average molecular weight is 415 g/mol. The first-order valence-electron chi connectivity index (χ1n) is 8.77. The van der Waals surface area contributed by atoms with Crippen molar-refractivity contribution in [2.75, 3.05) is 17.2 Å². The lowest BCUT2D eigenvalue weighted by molar-refractivity contribution is -0.133. The van der Waals surface area contributed by atoms with E-state index < -0.39 is 29.9 Å². The highest BCUT2D eigenvalue weighted by molar-refractivity contribution is 6.32. The molecule has 1 aliphatic heterocycles. The Morgan fingerprint density at radius 3 is 2.38 bits per heavy atom. The van der Waals surface area contributed by atoms with E-state index in [0.717, 1.165) is 4.90 Å². The van der Waals surface area contributed by atoms with Gasteiger partial charge in [0.15, 0.2) is 0 Å². The third-order valence-electron chi connectivity index (χ3n) is 4.46. The van der Waals surface area contributed by atoms with Crippen LogP contribution in [0.15, 0.2) is 48.5 Å². The molecule has 1 heterocycles. The van der Waals surface area contributed by atoms with Crippen LogP contribution in [0.3, 0.4) is 0 Å². The Bertz CT molecular complexity index is 1010. The number of rotatable bonds is 5. The summed E-state index contributed by atoms with van der Waals surface area (Å²) in [6.07, 6.45) is 0. The minimum absolute atomic E-state index is 0.244. The number of halogens is 1. The van der Waals surface area contributed by atoms with Gasteiger partial charge >= 0.3 is 6.03 Å². The van der Waals surface area contributed by atoms with E-state index in [1.807, 2.05) is 0 Å². The second-order valence-corrected chi connectivity index (χ2v) is 7.14. The first-order valence-corrected chi connectivity index (χ1v) is 9.15. The van der Waals surface area contributed by atoms with Gasteiger partial charge in [-0.05, 0) is 31.2 Å². The monoisotopic (exact) mass is 414 g/mol. The van der Waals surface area contributed by atoms with Gasteiger partial charge in [-0.3, -0.25) is 19.3 Å². The van der Waals surface area contributed by atoms with Gasteiger partial charge in [-0.2, -0.15) is 0 Å². The lowest BCUT2D eigenvalue weighted by Gasteiger charge is -2.23. The number of hydrogen-bond donors (Lipinski definition) is 3. The predicted molar refractivity (Wildman–Crippen MR) is 108 cm³/mol. The largest absolute Gasteiger partial charge is 0.326 e. The fourth-order valence-corrected chi connectivity index (χ4v) is 3.44. The van der Waals surface area contributed by atoms with Crippen LogP contribution in [0.2, 0.25) is 5.02 Å². The number of anilines is 2. The van der Waals surface area contributed by atoms with Gasteiger partial charge in [-0.1, -0.05) is 35.9 Å². The van der Waals surface area contributed by atoms with Crippen LogP contribution in [0.5, 0.6) is 0 Å². The minimum atomic E-state index is -1.36. The molecule has 1 aliphatic rings. The molecule has 1 saturated heterocycles. The number of carbonyl (C=O) groups is 4. The summed E-state index contributed by atoms with van der Waals surface area (Å²) < 4.78 is 0. The Balaban J connectivity index is 1.73. The average Bonchev–Trinajstić information content (AvgIpc) is 2.85. The van der Waals surface area contributed by atoms with E-state index >= 15 is 0 Å². The molecule has 2 aromatic carbocycles. The van der Waals surface area contributed by atoms with Crippen molar-refractivity contribution in [3.05, 3.63) is 59.1 Å². The van der Waals surface area contributed by atoms with Crippen LogP contribution in [0.25, 0.3) is 0 Å². The van der Waals surface area contributed by atoms with Crippen molar-refractivity contribution < 1.29 is 19.2 Å². The van der Waals surface area contributed by atoms with Gasteiger partial charge in [0.2, 0.25) is 11.8 Å². The Morgan fingerprint density at radius 2 is 1.72 bits per heavy atom. The van der Waals surface area contributed by atoms with Crippen molar-refractivity contribution in [2.45, 2.75) is 19.4 Å². The fraction of sp³-hybridized carbons (Fsp3) is 0.200. The quantitative estimate of drug-likeness (QED) is 0.653. The van der Waals surface area contributed by atoms with Gasteiger partial charge in [0, 0.05) is 28.9 Å². The summed E-state index contributed by atoms with van der Waals surface area (Å²) >= 11 is 6.19. The smallest absolute Gasteiger partial charge is 0.325 e. The summed E-state index contributed by atoms with van der Waals surface area (Å²) in [5.74, 6) is -1.37. The molecule has 3 N–H and O–H groups in total. The van der Waals surface area contributed by atoms with E-state index in [1.54, 1.807) is 55.5 Å². The topological polar surface area (TPSA) is 108 Å². The second-order valence-electron chi connectivity index (χ2n) is 6.74. The predicted octanol–water partition coefficient (Wildman–Crippen LogP) is 2.70. The Kier molecular flexibility index (Phi) is 5.56. The molecule has 8 nitrogen and oxygen atoms in total. The third-order valence-corrected chi connectivity index (χ3v) is 4.79. The highest BCUT2D eigenvalue weighted by Crippen LogP contribution is 2.33. The molecule has 0 saturated carbocycles. The number of amides is 5. The molecule has 5 amide bonds. The first-order chi connectivity index (χ1) is 13.7. The van der Waals surface area contributed by atoms with Crippen LogP contribution in [-0.2, 0) is 19.9 Å². The summed E-state index contributed by atoms with van der Waals surface area (Å²) in [6.45, 7) is 2.46. The number of benzene rings is 2. The molecule has 9 heteroatoms. The number of imide groups is 1. The van der Waals surface area contributed by atoms with Crippen LogP contribution in [0.4, 0.5) is 16.2 Å². The van der Waals surface area contributed by atoms with Crippen LogP contribution in [0, 0.1) is 0 Å². The lowest BCUT2D eigenvalue weighted by atomic mass is 9.92. The van der Waals surface area contributed by atoms with Gasteiger partial charge in [-0.15, -0.1) is 0 Å². The van der Waals surface area contributed by atoms with E-state index in [1.165, 1.54) is 6.92 Å². The molecule has 3 rings (SSSR count). The number of nitrogens with one attached hydrogen (secondary N) is 3. The molecule has 0 spiro atoms. The highest BCUT2D eigenvalue weighted by Gasteiger charge is 2.50. The standard InChI is InChI=1S/C20H19ClN4O4/c1-12(26)22-13-6-5-7-14(10-13)23-17(27)11-25-18(28)20(2,24-19(25)29)15-8-3-4-9-16(15)21/h3-10H,11H2,1-2H3,(H,22,26)(H,23,27)(H,24,29)/t20-/m1/s1. The molecular weight excluding hydrogens is 396 g/mol. The van der Waals surface area contributed by atoms with Gasteiger partial charge in [0.25, 0.3) is 5.91 Å². The minimum Gasteiger partial charge on any atom is -0.326 e. The molecule has 0 bridgehead atoms. The molecule has 150 valence electrons. The number of nitrogens with zero attached hydrogens (tertiary/aromatic N) is 1. The molecule has 0 aromatic heterocycles. The zero-order chi connectivity index (χ0) is 21.2. The van der Waals surface area contributed by atoms with Crippen LogP contribution >= 0.6 is 11.6 Å². The van der Waals surface area contributed by atoms with Crippen molar-refractivity contribution in [3.8, 4) is 0 Å². The number of hydrogen-bond acceptors (Lipinski definition) is 4. The van der Waals surface area contributed by atoms with Gasteiger partial charge < -0.3 is 16.0 Å². The molecule has 0 unspecified atom stereocenters. The van der Waals surface area contributed by atoms with E-state index in [9.17, 15) is 19.2 Å². The van der Waals surface area contributed by atoms with E-state index in [2.05, 4.69) is 16.0 Å². The molecule has 29 heavy (non-hydrogen) atoms. The summed E-state index contributed by atoms with van der Waals surface area (Å²) in [5.41, 5.74) is 0.0193. The molecular formula is C20H19ClN4O4. The first kappa shape index (κ1) is 20.3. The van der Waals surface area contributed by atoms with E-state index in [-0.39, 0.29) is 5.91 Å². The third kappa shape index (κ3) is 4.22. The van der Waals surface area contributed by atoms with Crippen LogP contribution in [-0.4, -0.2) is 35.2 Å².